The monoisotopic (exact) mass is 381 g/mol. The van der Waals surface area contributed by atoms with E-state index >= 15 is 0 Å². The molecule has 1 amide bonds. The summed E-state index contributed by atoms with van der Waals surface area (Å²) >= 11 is 6.53. The van der Waals surface area contributed by atoms with Gasteiger partial charge in [0.1, 0.15) is 16.6 Å². The zero-order valence-corrected chi connectivity index (χ0v) is 16.2. The lowest BCUT2D eigenvalue weighted by Crippen LogP contribution is -2.30. The van der Waals surface area contributed by atoms with Crippen molar-refractivity contribution >= 4 is 34.1 Å². The van der Waals surface area contributed by atoms with Gasteiger partial charge in [0.05, 0.1) is 17.8 Å². The quantitative estimate of drug-likeness (QED) is 0.591. The normalized spacial score (nSPS) is 17.0. The summed E-state index contributed by atoms with van der Waals surface area (Å²) in [6, 6.07) is 11.4. The predicted molar refractivity (Wildman–Crippen MR) is 106 cm³/mol. The average molecular weight is 382 g/mol. The van der Waals surface area contributed by atoms with E-state index in [1.807, 2.05) is 57.2 Å². The summed E-state index contributed by atoms with van der Waals surface area (Å²) in [6.45, 7) is 5.75. The summed E-state index contributed by atoms with van der Waals surface area (Å²) in [6.07, 6.45) is 2.14. The fourth-order valence-corrected chi connectivity index (χ4v) is 3.59. The van der Waals surface area contributed by atoms with Crippen molar-refractivity contribution < 1.29 is 9.21 Å². The Bertz CT molecular complexity index is 1040. The highest BCUT2D eigenvalue weighted by atomic mass is 35.5. The van der Waals surface area contributed by atoms with Gasteiger partial charge in [0.2, 0.25) is 5.91 Å². The molecule has 1 aromatic carbocycles. The van der Waals surface area contributed by atoms with Crippen LogP contribution in [-0.2, 0) is 4.79 Å². The molecule has 138 valence electrons. The second-order valence-corrected chi connectivity index (χ2v) is 7.50. The highest BCUT2D eigenvalue weighted by Gasteiger charge is 2.36. The highest BCUT2D eigenvalue weighted by Crippen LogP contribution is 2.38. The maximum atomic E-state index is 12.8. The van der Waals surface area contributed by atoms with Crippen LogP contribution in [-0.4, -0.2) is 21.6 Å². The number of furan rings is 1. The molecule has 0 saturated carbocycles. The van der Waals surface area contributed by atoms with Crippen LogP contribution in [0.4, 0.5) is 0 Å². The number of pyridine rings is 1. The fraction of sp³-hybridized carbons (Fsp3) is 0.286. The van der Waals surface area contributed by atoms with Crippen LogP contribution in [0.2, 0.25) is 5.15 Å². The Balaban J connectivity index is 1.79. The Kier molecular flexibility index (Phi) is 4.48. The molecule has 0 saturated heterocycles. The van der Waals surface area contributed by atoms with Crippen molar-refractivity contribution in [1.82, 2.24) is 9.99 Å². The van der Waals surface area contributed by atoms with Gasteiger partial charge in [-0.25, -0.2) is 9.99 Å². The molecule has 4 rings (SSSR count). The lowest BCUT2D eigenvalue weighted by Gasteiger charge is -2.24. The summed E-state index contributed by atoms with van der Waals surface area (Å²) in [4.78, 5) is 17.3. The van der Waals surface area contributed by atoms with Crippen molar-refractivity contribution in [2.45, 2.75) is 33.2 Å². The number of aryl methyl sites for hydroxylation is 1. The smallest absolute Gasteiger partial charge is 0.245 e. The summed E-state index contributed by atoms with van der Waals surface area (Å²) < 4.78 is 5.49. The summed E-state index contributed by atoms with van der Waals surface area (Å²) in [5.41, 5.74) is 3.50. The lowest BCUT2D eigenvalue weighted by molar-refractivity contribution is -0.136. The van der Waals surface area contributed by atoms with Crippen LogP contribution in [0.3, 0.4) is 0 Å². The molecule has 0 N–H and O–H groups in total. The molecule has 1 unspecified atom stereocenters. The number of hydrogen-bond acceptors (Lipinski definition) is 4. The van der Waals surface area contributed by atoms with E-state index in [-0.39, 0.29) is 17.9 Å². The number of hydrazone groups is 1. The van der Waals surface area contributed by atoms with Crippen LogP contribution >= 0.6 is 11.6 Å². The molecule has 0 fully saturated rings. The van der Waals surface area contributed by atoms with Gasteiger partial charge in [-0.2, -0.15) is 5.10 Å². The second-order valence-electron chi connectivity index (χ2n) is 7.15. The molecule has 0 aliphatic carbocycles. The third kappa shape index (κ3) is 3.23. The number of benzene rings is 1. The van der Waals surface area contributed by atoms with Crippen molar-refractivity contribution in [3.05, 3.63) is 64.7 Å². The zero-order chi connectivity index (χ0) is 19.1. The maximum absolute atomic E-state index is 12.8. The Morgan fingerprint density at radius 3 is 2.81 bits per heavy atom. The lowest BCUT2D eigenvalue weighted by atomic mass is 9.99. The van der Waals surface area contributed by atoms with E-state index in [1.54, 1.807) is 6.26 Å². The van der Waals surface area contributed by atoms with Gasteiger partial charge in [0.15, 0.2) is 0 Å². The van der Waals surface area contributed by atoms with Gasteiger partial charge in [-0.1, -0.05) is 37.6 Å². The third-order valence-electron chi connectivity index (χ3n) is 4.75. The number of carbonyl (C=O) groups is 1. The number of nitrogens with zero attached hydrogens (tertiary/aromatic N) is 3. The standard InChI is InChI=1S/C21H20ClN3O2/c1-12(2)21(26)25-18(11-17(24-25)19-5-4-8-27-19)15-10-14-7-6-13(3)9-16(14)23-20(15)22/h4-10,12,18H,11H2,1-3H3. The van der Waals surface area contributed by atoms with Gasteiger partial charge in [-0.15, -0.1) is 0 Å². The zero-order valence-electron chi connectivity index (χ0n) is 15.4. The number of amides is 1. The Labute approximate surface area is 162 Å². The number of fused-ring (bicyclic) bond motifs is 1. The van der Waals surface area contributed by atoms with E-state index in [9.17, 15) is 4.79 Å². The van der Waals surface area contributed by atoms with Crippen LogP contribution in [0.25, 0.3) is 10.9 Å². The van der Waals surface area contributed by atoms with E-state index in [0.717, 1.165) is 27.7 Å². The van der Waals surface area contributed by atoms with Gasteiger partial charge < -0.3 is 4.42 Å². The Morgan fingerprint density at radius 2 is 2.11 bits per heavy atom. The van der Waals surface area contributed by atoms with Crippen LogP contribution in [0, 0.1) is 12.8 Å². The largest absolute Gasteiger partial charge is 0.463 e. The van der Waals surface area contributed by atoms with E-state index in [4.69, 9.17) is 16.0 Å². The summed E-state index contributed by atoms with van der Waals surface area (Å²) in [5.74, 6) is 0.434. The molecule has 27 heavy (non-hydrogen) atoms. The number of rotatable bonds is 3. The average Bonchev–Trinajstić information content (AvgIpc) is 3.30. The number of halogens is 1. The van der Waals surface area contributed by atoms with Crippen LogP contribution in [0.1, 0.15) is 43.2 Å². The second kappa shape index (κ2) is 6.82. The third-order valence-corrected chi connectivity index (χ3v) is 5.05. The first kappa shape index (κ1) is 17.7. The van der Waals surface area contributed by atoms with Gasteiger partial charge in [0.25, 0.3) is 0 Å². The molecule has 2 aromatic heterocycles. The first-order chi connectivity index (χ1) is 12.9. The minimum absolute atomic E-state index is 0.0541. The first-order valence-electron chi connectivity index (χ1n) is 8.95. The van der Waals surface area contributed by atoms with Gasteiger partial charge in [0, 0.05) is 23.3 Å². The van der Waals surface area contributed by atoms with E-state index in [0.29, 0.717) is 17.3 Å². The molecular weight excluding hydrogens is 362 g/mol. The maximum Gasteiger partial charge on any atom is 0.245 e. The highest BCUT2D eigenvalue weighted by molar-refractivity contribution is 6.30. The van der Waals surface area contributed by atoms with E-state index in [1.165, 1.54) is 5.01 Å². The molecule has 1 aliphatic rings. The first-order valence-corrected chi connectivity index (χ1v) is 9.33. The van der Waals surface area contributed by atoms with E-state index < -0.39 is 0 Å². The molecule has 0 radical (unpaired) electrons. The molecule has 3 heterocycles. The molecule has 1 atom stereocenters. The molecular formula is C21H20ClN3O2. The number of carbonyl (C=O) groups excluding carboxylic acids is 1. The molecule has 6 heteroatoms. The van der Waals surface area contributed by atoms with Crippen LogP contribution in [0.15, 0.2) is 52.2 Å². The molecule has 1 aliphatic heterocycles. The van der Waals surface area contributed by atoms with E-state index in [2.05, 4.69) is 10.1 Å². The minimum Gasteiger partial charge on any atom is -0.463 e. The number of aromatic nitrogens is 1. The molecule has 0 spiro atoms. The molecule has 5 nitrogen and oxygen atoms in total. The summed E-state index contributed by atoms with van der Waals surface area (Å²) in [7, 11) is 0. The van der Waals surface area contributed by atoms with Crippen molar-refractivity contribution in [3.63, 3.8) is 0 Å². The van der Waals surface area contributed by atoms with Crippen molar-refractivity contribution in [2.24, 2.45) is 11.0 Å². The van der Waals surface area contributed by atoms with Crippen molar-refractivity contribution in [1.29, 1.82) is 0 Å². The fourth-order valence-electron chi connectivity index (χ4n) is 3.32. The Morgan fingerprint density at radius 1 is 1.30 bits per heavy atom. The molecule has 3 aromatic rings. The SMILES string of the molecule is Cc1ccc2cc(C3CC(c4ccco4)=NN3C(=O)C(C)C)c(Cl)nc2c1. The van der Waals surface area contributed by atoms with Crippen LogP contribution in [0.5, 0.6) is 0 Å². The predicted octanol–water partition coefficient (Wildman–Crippen LogP) is 5.12. The summed E-state index contributed by atoms with van der Waals surface area (Å²) in [5, 5.41) is 7.49. The van der Waals surface area contributed by atoms with Crippen LogP contribution < -0.4 is 0 Å². The topological polar surface area (TPSA) is 58.7 Å². The van der Waals surface area contributed by atoms with Gasteiger partial charge in [-0.3, -0.25) is 4.79 Å². The number of hydrogen-bond donors (Lipinski definition) is 0. The van der Waals surface area contributed by atoms with Gasteiger partial charge >= 0.3 is 0 Å². The Hall–Kier alpha value is -2.66. The van der Waals surface area contributed by atoms with Crippen molar-refractivity contribution in [2.75, 3.05) is 0 Å². The molecule has 0 bridgehead atoms. The van der Waals surface area contributed by atoms with Gasteiger partial charge in [-0.05, 0) is 36.8 Å². The van der Waals surface area contributed by atoms with Crippen molar-refractivity contribution in [3.8, 4) is 0 Å². The minimum atomic E-state index is -0.300.